The van der Waals surface area contributed by atoms with Crippen LogP contribution in [-0.2, 0) is 0 Å². The van der Waals surface area contributed by atoms with E-state index in [1.165, 1.54) is 18.2 Å². The Balaban J connectivity index is 2.30. The topological polar surface area (TPSA) is 80.0 Å². The number of amides is 1. The van der Waals surface area contributed by atoms with E-state index in [2.05, 4.69) is 31.7 Å². The van der Waals surface area contributed by atoms with Crippen LogP contribution in [-0.4, -0.2) is 10.9 Å². The number of hydrogen-bond donors (Lipinski definition) is 3. The maximum atomic E-state index is 13.5. The summed E-state index contributed by atoms with van der Waals surface area (Å²) in [5.74, 6) is 4.59. The highest BCUT2D eigenvalue weighted by Crippen LogP contribution is 2.24. The molecule has 8 heteroatoms. The summed E-state index contributed by atoms with van der Waals surface area (Å²) in [6.07, 6.45) is 0. The van der Waals surface area contributed by atoms with Gasteiger partial charge < -0.3 is 10.7 Å². The molecule has 1 aromatic heterocycles. The van der Waals surface area contributed by atoms with E-state index in [4.69, 9.17) is 17.4 Å². The molecule has 0 aliphatic rings. The molecule has 110 valence electrons. The molecule has 0 fully saturated rings. The smallest absolute Gasteiger partial charge is 0.255 e. The number of halogens is 3. The number of nitrogens with two attached hydrogens (primary N) is 1. The molecule has 21 heavy (non-hydrogen) atoms. The van der Waals surface area contributed by atoms with Crippen molar-refractivity contribution in [3.05, 3.63) is 50.8 Å². The van der Waals surface area contributed by atoms with Crippen molar-refractivity contribution in [2.24, 2.45) is 5.84 Å². The van der Waals surface area contributed by atoms with Crippen LogP contribution in [0.4, 0.5) is 15.9 Å². The summed E-state index contributed by atoms with van der Waals surface area (Å²) in [5.41, 5.74) is 3.66. The highest BCUT2D eigenvalue weighted by atomic mass is 79.9. The Morgan fingerprint density at radius 3 is 2.76 bits per heavy atom. The molecule has 1 amide bonds. The number of hydrogen-bond acceptors (Lipinski definition) is 4. The number of nitrogen functional groups attached to an aromatic ring is 1. The van der Waals surface area contributed by atoms with Gasteiger partial charge in [-0.25, -0.2) is 15.2 Å². The summed E-state index contributed by atoms with van der Waals surface area (Å²) in [6.45, 7) is 1.76. The number of carbonyl (C=O) groups excluding carboxylic acids is 1. The van der Waals surface area contributed by atoms with Crippen LogP contribution in [0.25, 0.3) is 0 Å². The van der Waals surface area contributed by atoms with E-state index in [1.54, 1.807) is 13.0 Å². The second kappa shape index (κ2) is 6.38. The van der Waals surface area contributed by atoms with Gasteiger partial charge in [0.1, 0.15) is 16.8 Å². The van der Waals surface area contributed by atoms with E-state index in [0.717, 1.165) is 0 Å². The van der Waals surface area contributed by atoms with E-state index >= 15 is 0 Å². The van der Waals surface area contributed by atoms with Gasteiger partial charge in [-0.15, -0.1) is 0 Å². The zero-order valence-corrected chi connectivity index (χ0v) is 13.2. The van der Waals surface area contributed by atoms with Crippen LogP contribution < -0.4 is 16.6 Å². The standard InChI is InChI=1S/C13H11BrClFN4O/c1-6-2-8(14)9(16)5-10(6)18-13(21)7-3-11(15)19-12(4-7)20-17/h2-5H,17H2,1H3,(H,18,21)(H,19,20). The minimum Gasteiger partial charge on any atom is -0.322 e. The Hall–Kier alpha value is -1.70. The molecule has 0 unspecified atom stereocenters. The van der Waals surface area contributed by atoms with Gasteiger partial charge in [-0.1, -0.05) is 11.6 Å². The minimum absolute atomic E-state index is 0.120. The highest BCUT2D eigenvalue weighted by molar-refractivity contribution is 9.10. The van der Waals surface area contributed by atoms with Crippen LogP contribution in [0.3, 0.4) is 0 Å². The van der Waals surface area contributed by atoms with Crippen molar-refractivity contribution in [1.82, 2.24) is 4.98 Å². The number of pyridine rings is 1. The summed E-state index contributed by atoms with van der Waals surface area (Å²) >= 11 is 8.88. The van der Waals surface area contributed by atoms with Gasteiger partial charge in [-0.3, -0.25) is 4.79 Å². The van der Waals surface area contributed by atoms with Gasteiger partial charge in [0.15, 0.2) is 0 Å². The number of carbonyl (C=O) groups is 1. The van der Waals surface area contributed by atoms with E-state index in [9.17, 15) is 9.18 Å². The summed E-state index contributed by atoms with van der Waals surface area (Å²) in [4.78, 5) is 16.1. The number of aryl methyl sites for hydroxylation is 1. The number of rotatable bonds is 3. The van der Waals surface area contributed by atoms with Gasteiger partial charge in [-0.2, -0.15) is 0 Å². The quantitative estimate of drug-likeness (QED) is 0.437. The SMILES string of the molecule is Cc1cc(Br)c(F)cc1NC(=O)c1cc(Cl)nc(NN)c1. The normalized spacial score (nSPS) is 10.3. The number of benzene rings is 1. The zero-order chi connectivity index (χ0) is 15.6. The summed E-state index contributed by atoms with van der Waals surface area (Å²) in [5, 5.41) is 2.74. The average molecular weight is 374 g/mol. The van der Waals surface area contributed by atoms with Gasteiger partial charge in [0.05, 0.1) is 4.47 Å². The summed E-state index contributed by atoms with van der Waals surface area (Å²) in [7, 11) is 0. The Morgan fingerprint density at radius 1 is 1.38 bits per heavy atom. The Bertz CT molecular complexity index is 711. The lowest BCUT2D eigenvalue weighted by atomic mass is 10.1. The van der Waals surface area contributed by atoms with Crippen molar-refractivity contribution in [1.29, 1.82) is 0 Å². The van der Waals surface area contributed by atoms with Crippen molar-refractivity contribution in [2.45, 2.75) is 6.92 Å². The van der Waals surface area contributed by atoms with Crippen LogP contribution >= 0.6 is 27.5 Å². The molecule has 1 aromatic carbocycles. The molecule has 2 rings (SSSR count). The third-order valence-electron chi connectivity index (χ3n) is 2.72. The fourth-order valence-corrected chi connectivity index (χ4v) is 2.34. The molecule has 0 aliphatic heterocycles. The lowest BCUT2D eigenvalue weighted by Crippen LogP contribution is -2.15. The summed E-state index contributed by atoms with van der Waals surface area (Å²) < 4.78 is 13.9. The highest BCUT2D eigenvalue weighted by Gasteiger charge is 2.12. The maximum absolute atomic E-state index is 13.5. The molecule has 2 aromatic rings. The molecular weight excluding hydrogens is 363 g/mol. The molecule has 0 saturated carbocycles. The number of anilines is 2. The number of hydrazine groups is 1. The first-order chi connectivity index (χ1) is 9.90. The molecule has 5 nitrogen and oxygen atoms in total. The van der Waals surface area contributed by atoms with Gasteiger partial charge >= 0.3 is 0 Å². The first-order valence-electron chi connectivity index (χ1n) is 5.82. The van der Waals surface area contributed by atoms with Gasteiger partial charge in [0.25, 0.3) is 5.91 Å². The second-order valence-corrected chi connectivity index (χ2v) is 5.49. The predicted octanol–water partition coefficient (Wildman–Crippen LogP) is 3.48. The molecular formula is C13H11BrClFN4O. The predicted molar refractivity (Wildman–Crippen MR) is 83.8 cm³/mol. The van der Waals surface area contributed by atoms with Gasteiger partial charge in [0, 0.05) is 11.3 Å². The van der Waals surface area contributed by atoms with Crippen molar-refractivity contribution in [2.75, 3.05) is 10.7 Å². The lowest BCUT2D eigenvalue weighted by molar-refractivity contribution is 0.102. The molecule has 0 radical (unpaired) electrons. The number of nitrogens with one attached hydrogen (secondary N) is 2. The minimum atomic E-state index is -0.465. The first-order valence-corrected chi connectivity index (χ1v) is 6.99. The molecule has 0 atom stereocenters. The number of aromatic nitrogens is 1. The molecule has 1 heterocycles. The largest absolute Gasteiger partial charge is 0.322 e. The van der Waals surface area contributed by atoms with Crippen LogP contribution in [0, 0.1) is 12.7 Å². The van der Waals surface area contributed by atoms with Crippen LogP contribution in [0.15, 0.2) is 28.7 Å². The van der Waals surface area contributed by atoms with Gasteiger partial charge in [-0.05, 0) is 52.7 Å². The van der Waals surface area contributed by atoms with E-state index in [0.29, 0.717) is 15.7 Å². The van der Waals surface area contributed by atoms with Gasteiger partial charge in [0.2, 0.25) is 0 Å². The fraction of sp³-hybridized carbons (Fsp3) is 0.0769. The third kappa shape index (κ3) is 3.69. The zero-order valence-electron chi connectivity index (χ0n) is 10.9. The molecule has 0 spiro atoms. The average Bonchev–Trinajstić information content (AvgIpc) is 2.43. The lowest BCUT2D eigenvalue weighted by Gasteiger charge is -2.10. The molecule has 4 N–H and O–H groups in total. The Labute approximate surface area is 133 Å². The Kier molecular flexibility index (Phi) is 4.76. The number of nitrogens with zero attached hydrogens (tertiary/aromatic N) is 1. The Morgan fingerprint density at radius 2 is 2.10 bits per heavy atom. The van der Waals surface area contributed by atoms with E-state index < -0.39 is 11.7 Å². The van der Waals surface area contributed by atoms with Crippen LogP contribution in [0.2, 0.25) is 5.15 Å². The van der Waals surface area contributed by atoms with Crippen molar-refractivity contribution in [3.63, 3.8) is 0 Å². The fourth-order valence-electron chi connectivity index (χ4n) is 1.68. The van der Waals surface area contributed by atoms with Crippen molar-refractivity contribution >= 4 is 44.9 Å². The first kappa shape index (κ1) is 15.7. The van der Waals surface area contributed by atoms with Crippen molar-refractivity contribution < 1.29 is 9.18 Å². The van der Waals surface area contributed by atoms with E-state index in [1.807, 2.05) is 0 Å². The second-order valence-electron chi connectivity index (χ2n) is 4.24. The van der Waals surface area contributed by atoms with Crippen molar-refractivity contribution in [3.8, 4) is 0 Å². The molecule has 0 aliphatic carbocycles. The summed E-state index contributed by atoms with van der Waals surface area (Å²) in [6, 6.07) is 5.65. The molecule has 0 saturated heterocycles. The third-order valence-corrected chi connectivity index (χ3v) is 3.52. The van der Waals surface area contributed by atoms with Crippen LogP contribution in [0.5, 0.6) is 0 Å². The van der Waals surface area contributed by atoms with Crippen LogP contribution in [0.1, 0.15) is 15.9 Å². The molecule has 0 bridgehead atoms. The monoisotopic (exact) mass is 372 g/mol. The maximum Gasteiger partial charge on any atom is 0.255 e. The van der Waals surface area contributed by atoms with E-state index in [-0.39, 0.29) is 16.5 Å².